The van der Waals surface area contributed by atoms with Gasteiger partial charge >= 0.3 is 0 Å². The number of nitrogens with zero attached hydrogens (tertiary/aromatic N) is 2. The summed E-state index contributed by atoms with van der Waals surface area (Å²) in [6.45, 7) is 2.31. The number of thiazole rings is 1. The highest BCUT2D eigenvalue weighted by molar-refractivity contribution is 7.18. The van der Waals surface area contributed by atoms with E-state index in [1.54, 1.807) is 11.3 Å². The highest BCUT2D eigenvalue weighted by atomic mass is 32.1. The van der Waals surface area contributed by atoms with Gasteiger partial charge in [-0.1, -0.05) is 30.3 Å². The van der Waals surface area contributed by atoms with Crippen LogP contribution in [-0.4, -0.2) is 16.0 Å². The second-order valence-corrected chi connectivity index (χ2v) is 6.91. The van der Waals surface area contributed by atoms with Crippen LogP contribution in [0.4, 0.5) is 5.69 Å². The van der Waals surface area contributed by atoms with Gasteiger partial charge in [-0.2, -0.15) is 0 Å². The molecule has 1 amide bonds. The molecule has 0 bridgehead atoms. The molecule has 0 radical (unpaired) electrons. The number of carbonyl (C=O) groups excluding carboxylic acids is 1. The molecule has 0 fully saturated rings. The van der Waals surface area contributed by atoms with Crippen LogP contribution < -0.4 is 10.1 Å². The summed E-state index contributed by atoms with van der Waals surface area (Å²) < 4.78 is 11.7. The van der Waals surface area contributed by atoms with E-state index in [9.17, 15) is 4.79 Å². The van der Waals surface area contributed by atoms with E-state index >= 15 is 0 Å². The van der Waals surface area contributed by atoms with E-state index in [0.29, 0.717) is 12.3 Å². The molecule has 4 rings (SSSR count). The van der Waals surface area contributed by atoms with Gasteiger partial charge in [0.25, 0.3) is 11.8 Å². The Bertz CT molecular complexity index is 1060. The molecular formula is C19H15N3O3S. The van der Waals surface area contributed by atoms with Gasteiger partial charge < -0.3 is 14.6 Å². The van der Waals surface area contributed by atoms with Crippen LogP contribution >= 0.6 is 11.3 Å². The Hall–Kier alpha value is -3.19. The number of fused-ring (bicyclic) bond motifs is 1. The largest absolute Gasteiger partial charge is 0.471 e. The first-order valence-electron chi connectivity index (χ1n) is 7.99. The second kappa shape index (κ2) is 6.97. The highest BCUT2D eigenvalue weighted by Crippen LogP contribution is 2.25. The Kier molecular flexibility index (Phi) is 4.37. The SMILES string of the molecule is Cc1nc2cc(NC(=O)c3cc(OCc4ccccc4)no3)ccc2s1. The molecule has 6 nitrogen and oxygen atoms in total. The average Bonchev–Trinajstić information content (AvgIpc) is 3.26. The van der Waals surface area contributed by atoms with Gasteiger partial charge in [0.2, 0.25) is 5.76 Å². The van der Waals surface area contributed by atoms with Crippen molar-refractivity contribution in [2.24, 2.45) is 0 Å². The van der Waals surface area contributed by atoms with Gasteiger partial charge in [-0.05, 0) is 35.8 Å². The van der Waals surface area contributed by atoms with Gasteiger partial charge in [-0.25, -0.2) is 4.98 Å². The molecule has 2 heterocycles. The Morgan fingerprint density at radius 1 is 1.19 bits per heavy atom. The average molecular weight is 365 g/mol. The third-order valence-corrected chi connectivity index (χ3v) is 4.65. The minimum Gasteiger partial charge on any atom is -0.471 e. The van der Waals surface area contributed by atoms with E-state index in [-0.39, 0.29) is 11.6 Å². The third kappa shape index (κ3) is 3.57. The maximum Gasteiger partial charge on any atom is 0.294 e. The van der Waals surface area contributed by atoms with Crippen molar-refractivity contribution in [3.63, 3.8) is 0 Å². The number of hydrogen-bond donors (Lipinski definition) is 1. The summed E-state index contributed by atoms with van der Waals surface area (Å²) in [6, 6.07) is 16.8. The lowest BCUT2D eigenvalue weighted by Crippen LogP contribution is -2.10. The predicted molar refractivity (Wildman–Crippen MR) is 99.6 cm³/mol. The van der Waals surface area contributed by atoms with E-state index in [4.69, 9.17) is 9.26 Å². The topological polar surface area (TPSA) is 77.2 Å². The van der Waals surface area contributed by atoms with Gasteiger partial charge in [0.05, 0.1) is 21.3 Å². The number of ether oxygens (including phenoxy) is 1. The quantitative estimate of drug-likeness (QED) is 0.566. The first-order chi connectivity index (χ1) is 12.7. The number of aryl methyl sites for hydroxylation is 1. The second-order valence-electron chi connectivity index (χ2n) is 5.67. The molecule has 0 spiro atoms. The minimum atomic E-state index is -0.390. The Morgan fingerprint density at radius 3 is 2.88 bits per heavy atom. The summed E-state index contributed by atoms with van der Waals surface area (Å²) in [5.41, 5.74) is 2.51. The molecular weight excluding hydrogens is 350 g/mol. The summed E-state index contributed by atoms with van der Waals surface area (Å²) in [6.07, 6.45) is 0. The molecule has 130 valence electrons. The summed E-state index contributed by atoms with van der Waals surface area (Å²) in [5.74, 6) is -0.0365. The van der Waals surface area contributed by atoms with Crippen molar-refractivity contribution in [1.82, 2.24) is 10.1 Å². The van der Waals surface area contributed by atoms with Crippen LogP contribution in [0.2, 0.25) is 0 Å². The van der Waals surface area contributed by atoms with Gasteiger partial charge in [0.1, 0.15) is 6.61 Å². The van der Waals surface area contributed by atoms with E-state index in [1.807, 2.05) is 55.5 Å². The molecule has 0 saturated heterocycles. The highest BCUT2D eigenvalue weighted by Gasteiger charge is 2.15. The Labute approximate surface area is 153 Å². The standard InChI is InChI=1S/C19H15N3O3S/c1-12-20-15-9-14(7-8-17(15)26-12)21-19(23)16-10-18(22-25-16)24-11-13-5-3-2-4-6-13/h2-10H,11H2,1H3,(H,21,23). The summed E-state index contributed by atoms with van der Waals surface area (Å²) >= 11 is 1.61. The number of anilines is 1. The van der Waals surface area contributed by atoms with Crippen molar-refractivity contribution < 1.29 is 14.1 Å². The van der Waals surface area contributed by atoms with Crippen LogP contribution in [0, 0.1) is 6.92 Å². The maximum absolute atomic E-state index is 12.3. The van der Waals surface area contributed by atoms with Crippen molar-refractivity contribution in [2.45, 2.75) is 13.5 Å². The lowest BCUT2D eigenvalue weighted by molar-refractivity contribution is 0.0987. The van der Waals surface area contributed by atoms with Crippen molar-refractivity contribution >= 4 is 33.1 Å². The molecule has 0 atom stereocenters. The summed E-state index contributed by atoms with van der Waals surface area (Å²) in [4.78, 5) is 16.7. The van der Waals surface area contributed by atoms with Gasteiger partial charge in [-0.15, -0.1) is 11.3 Å². The molecule has 2 aromatic heterocycles. The molecule has 2 aromatic carbocycles. The van der Waals surface area contributed by atoms with Crippen molar-refractivity contribution in [3.8, 4) is 5.88 Å². The fraction of sp³-hybridized carbons (Fsp3) is 0.105. The zero-order valence-electron chi connectivity index (χ0n) is 13.9. The number of hydrogen-bond acceptors (Lipinski definition) is 6. The number of nitrogens with one attached hydrogen (secondary N) is 1. The lowest BCUT2D eigenvalue weighted by Gasteiger charge is -2.02. The summed E-state index contributed by atoms with van der Waals surface area (Å²) in [5, 5.41) is 7.55. The van der Waals surface area contributed by atoms with Gasteiger partial charge in [0, 0.05) is 5.69 Å². The number of carbonyl (C=O) groups is 1. The first-order valence-corrected chi connectivity index (χ1v) is 8.81. The maximum atomic E-state index is 12.3. The van der Waals surface area contributed by atoms with E-state index in [2.05, 4.69) is 15.5 Å². The minimum absolute atomic E-state index is 0.0858. The van der Waals surface area contributed by atoms with Crippen LogP contribution in [0.15, 0.2) is 59.1 Å². The normalized spacial score (nSPS) is 10.8. The Balaban J connectivity index is 1.42. The third-order valence-electron chi connectivity index (χ3n) is 3.69. The summed E-state index contributed by atoms with van der Waals surface area (Å²) in [7, 11) is 0. The van der Waals surface area contributed by atoms with Crippen LogP contribution in [0.1, 0.15) is 21.1 Å². The molecule has 0 aliphatic heterocycles. The zero-order chi connectivity index (χ0) is 17.9. The van der Waals surface area contributed by atoms with Crippen LogP contribution in [0.25, 0.3) is 10.2 Å². The molecule has 7 heteroatoms. The van der Waals surface area contributed by atoms with E-state index in [1.165, 1.54) is 6.07 Å². The predicted octanol–water partition coefficient (Wildman–Crippen LogP) is 4.42. The molecule has 0 saturated carbocycles. The van der Waals surface area contributed by atoms with Crippen LogP contribution in [0.5, 0.6) is 5.88 Å². The molecule has 26 heavy (non-hydrogen) atoms. The monoisotopic (exact) mass is 365 g/mol. The molecule has 0 aliphatic carbocycles. The Morgan fingerprint density at radius 2 is 2.04 bits per heavy atom. The fourth-order valence-electron chi connectivity index (χ4n) is 2.48. The number of rotatable bonds is 5. The number of amides is 1. The van der Waals surface area contributed by atoms with Gasteiger partial charge in [-0.3, -0.25) is 4.79 Å². The van der Waals surface area contributed by atoms with Crippen LogP contribution in [-0.2, 0) is 6.61 Å². The zero-order valence-corrected chi connectivity index (χ0v) is 14.7. The van der Waals surface area contributed by atoms with Gasteiger partial charge in [0.15, 0.2) is 0 Å². The lowest BCUT2D eigenvalue weighted by atomic mass is 10.2. The number of benzene rings is 2. The smallest absolute Gasteiger partial charge is 0.294 e. The van der Waals surface area contributed by atoms with Crippen molar-refractivity contribution in [1.29, 1.82) is 0 Å². The molecule has 0 aliphatic rings. The van der Waals surface area contributed by atoms with Crippen molar-refractivity contribution in [2.75, 3.05) is 5.32 Å². The molecule has 1 N–H and O–H groups in total. The van der Waals surface area contributed by atoms with Crippen LogP contribution in [0.3, 0.4) is 0 Å². The fourth-order valence-corrected chi connectivity index (χ4v) is 3.29. The van der Waals surface area contributed by atoms with E-state index in [0.717, 1.165) is 20.8 Å². The molecule has 4 aromatic rings. The number of aromatic nitrogens is 2. The van der Waals surface area contributed by atoms with E-state index < -0.39 is 5.91 Å². The molecule has 0 unspecified atom stereocenters. The first kappa shape index (κ1) is 16.3. The van der Waals surface area contributed by atoms with Crippen molar-refractivity contribution in [3.05, 3.63) is 70.9 Å².